The number of aryl methyl sites for hydroxylation is 2. The van der Waals surface area contributed by atoms with Crippen molar-refractivity contribution in [3.63, 3.8) is 0 Å². The maximum atomic E-state index is 6.00. The average molecular weight is 248 g/mol. The van der Waals surface area contributed by atoms with Gasteiger partial charge in [0.15, 0.2) is 0 Å². The Bertz CT molecular complexity index is 706. The molecule has 0 N–H and O–H groups in total. The fraction of sp³-hybridized carbons (Fsp3) is 0.111. The van der Waals surface area contributed by atoms with Gasteiger partial charge >= 0.3 is 0 Å². The molecule has 0 atom stereocenters. The zero-order chi connectivity index (χ0) is 13.2. The van der Waals surface area contributed by atoms with Crippen molar-refractivity contribution in [3.8, 4) is 11.5 Å². The standard InChI is InChI=1S/C18H16O/c1-13-7-6-10-16-17(12-11-14(2)18(13)16)19-15-8-4-3-5-9-15/h3-12H,1-2H3. The van der Waals surface area contributed by atoms with Gasteiger partial charge < -0.3 is 4.74 Å². The number of benzene rings is 3. The number of hydrogen-bond acceptors (Lipinski definition) is 1. The number of para-hydroxylation sites is 1. The van der Waals surface area contributed by atoms with Crippen molar-refractivity contribution in [2.24, 2.45) is 0 Å². The molecule has 0 saturated carbocycles. The first-order chi connectivity index (χ1) is 9.25. The molecular formula is C18H16O. The van der Waals surface area contributed by atoms with Crippen LogP contribution in [0.1, 0.15) is 11.1 Å². The van der Waals surface area contributed by atoms with Gasteiger partial charge in [0.05, 0.1) is 0 Å². The highest BCUT2D eigenvalue weighted by Gasteiger charge is 2.07. The Morgan fingerprint density at radius 1 is 0.684 bits per heavy atom. The van der Waals surface area contributed by atoms with E-state index in [1.165, 1.54) is 21.9 Å². The van der Waals surface area contributed by atoms with Crippen molar-refractivity contribution in [1.82, 2.24) is 0 Å². The molecule has 1 nitrogen and oxygen atoms in total. The molecule has 0 bridgehead atoms. The number of rotatable bonds is 2. The highest BCUT2D eigenvalue weighted by atomic mass is 16.5. The van der Waals surface area contributed by atoms with Crippen LogP contribution >= 0.6 is 0 Å². The summed E-state index contributed by atoms with van der Waals surface area (Å²) in [6, 6.07) is 20.4. The summed E-state index contributed by atoms with van der Waals surface area (Å²) < 4.78 is 6.00. The van der Waals surface area contributed by atoms with Gasteiger partial charge in [-0.3, -0.25) is 0 Å². The lowest BCUT2D eigenvalue weighted by atomic mass is 10.0. The summed E-state index contributed by atoms with van der Waals surface area (Å²) in [6.45, 7) is 4.28. The lowest BCUT2D eigenvalue weighted by Crippen LogP contribution is -1.89. The molecule has 0 fully saturated rings. The molecule has 3 aromatic rings. The quantitative estimate of drug-likeness (QED) is 0.602. The lowest BCUT2D eigenvalue weighted by Gasteiger charge is -2.12. The van der Waals surface area contributed by atoms with Crippen molar-refractivity contribution in [2.75, 3.05) is 0 Å². The van der Waals surface area contributed by atoms with E-state index in [9.17, 15) is 0 Å². The van der Waals surface area contributed by atoms with E-state index in [-0.39, 0.29) is 0 Å². The number of ether oxygens (including phenoxy) is 1. The molecule has 0 aliphatic rings. The molecule has 94 valence electrons. The molecule has 0 amide bonds. The molecule has 0 heterocycles. The fourth-order valence-electron chi connectivity index (χ4n) is 2.47. The van der Waals surface area contributed by atoms with Crippen LogP contribution in [0.15, 0.2) is 60.7 Å². The minimum Gasteiger partial charge on any atom is -0.457 e. The zero-order valence-electron chi connectivity index (χ0n) is 11.2. The van der Waals surface area contributed by atoms with Crippen LogP contribution in [0.25, 0.3) is 10.8 Å². The van der Waals surface area contributed by atoms with Crippen LogP contribution in [0.5, 0.6) is 11.5 Å². The molecule has 1 heteroatoms. The molecule has 0 aromatic heterocycles. The normalized spacial score (nSPS) is 10.6. The van der Waals surface area contributed by atoms with Crippen molar-refractivity contribution in [3.05, 3.63) is 71.8 Å². The highest BCUT2D eigenvalue weighted by molar-refractivity contribution is 5.93. The van der Waals surface area contributed by atoms with Crippen molar-refractivity contribution in [2.45, 2.75) is 13.8 Å². The summed E-state index contributed by atoms with van der Waals surface area (Å²) in [6.07, 6.45) is 0. The highest BCUT2D eigenvalue weighted by Crippen LogP contribution is 2.33. The third kappa shape index (κ3) is 2.19. The minimum absolute atomic E-state index is 0.870. The average Bonchev–Trinajstić information content (AvgIpc) is 2.43. The Morgan fingerprint density at radius 2 is 1.42 bits per heavy atom. The SMILES string of the molecule is Cc1cccc2c(Oc3ccccc3)ccc(C)c12. The first-order valence-electron chi connectivity index (χ1n) is 6.47. The van der Waals surface area contributed by atoms with E-state index < -0.39 is 0 Å². The van der Waals surface area contributed by atoms with Gasteiger partial charge in [-0.05, 0) is 48.6 Å². The summed E-state index contributed by atoms with van der Waals surface area (Å²) in [5.41, 5.74) is 2.57. The van der Waals surface area contributed by atoms with Crippen LogP contribution in [0, 0.1) is 13.8 Å². The van der Waals surface area contributed by atoms with Crippen LogP contribution in [0.2, 0.25) is 0 Å². The maximum absolute atomic E-state index is 6.00. The Morgan fingerprint density at radius 3 is 2.21 bits per heavy atom. The molecule has 0 aliphatic heterocycles. The Hall–Kier alpha value is -2.28. The third-order valence-electron chi connectivity index (χ3n) is 3.39. The fourth-order valence-corrected chi connectivity index (χ4v) is 2.47. The van der Waals surface area contributed by atoms with E-state index in [0.717, 1.165) is 11.5 Å². The molecule has 19 heavy (non-hydrogen) atoms. The van der Waals surface area contributed by atoms with E-state index in [2.05, 4.69) is 38.1 Å². The predicted molar refractivity (Wildman–Crippen MR) is 79.9 cm³/mol. The predicted octanol–water partition coefficient (Wildman–Crippen LogP) is 5.25. The molecule has 0 spiro atoms. The zero-order valence-corrected chi connectivity index (χ0v) is 11.2. The van der Waals surface area contributed by atoms with E-state index in [1.54, 1.807) is 0 Å². The second-order valence-corrected chi connectivity index (χ2v) is 4.79. The van der Waals surface area contributed by atoms with Crippen LogP contribution in [-0.4, -0.2) is 0 Å². The van der Waals surface area contributed by atoms with Crippen molar-refractivity contribution in [1.29, 1.82) is 0 Å². The topological polar surface area (TPSA) is 9.23 Å². The monoisotopic (exact) mass is 248 g/mol. The third-order valence-corrected chi connectivity index (χ3v) is 3.39. The molecule has 0 aliphatic carbocycles. The van der Waals surface area contributed by atoms with Gasteiger partial charge in [-0.1, -0.05) is 42.5 Å². The Kier molecular flexibility index (Phi) is 2.96. The van der Waals surface area contributed by atoms with Gasteiger partial charge in [0.1, 0.15) is 11.5 Å². The maximum Gasteiger partial charge on any atom is 0.135 e. The van der Waals surface area contributed by atoms with Crippen LogP contribution in [0.3, 0.4) is 0 Å². The largest absolute Gasteiger partial charge is 0.457 e. The number of hydrogen-bond donors (Lipinski definition) is 0. The van der Waals surface area contributed by atoms with E-state index >= 15 is 0 Å². The number of fused-ring (bicyclic) bond motifs is 1. The Labute approximate surface area is 113 Å². The molecule has 0 radical (unpaired) electrons. The first-order valence-corrected chi connectivity index (χ1v) is 6.47. The molecule has 0 saturated heterocycles. The lowest BCUT2D eigenvalue weighted by molar-refractivity contribution is 0.488. The van der Waals surface area contributed by atoms with E-state index in [1.807, 2.05) is 36.4 Å². The van der Waals surface area contributed by atoms with Crippen LogP contribution in [0.4, 0.5) is 0 Å². The second kappa shape index (κ2) is 4.77. The summed E-state index contributed by atoms with van der Waals surface area (Å²) >= 11 is 0. The van der Waals surface area contributed by atoms with Crippen molar-refractivity contribution >= 4 is 10.8 Å². The van der Waals surface area contributed by atoms with E-state index in [0.29, 0.717) is 0 Å². The van der Waals surface area contributed by atoms with Gasteiger partial charge in [0.2, 0.25) is 0 Å². The summed E-state index contributed by atoms with van der Waals surface area (Å²) in [5.74, 6) is 1.78. The van der Waals surface area contributed by atoms with E-state index in [4.69, 9.17) is 4.74 Å². The molecule has 3 aromatic carbocycles. The van der Waals surface area contributed by atoms with Crippen molar-refractivity contribution < 1.29 is 4.74 Å². The second-order valence-electron chi connectivity index (χ2n) is 4.79. The first kappa shape index (κ1) is 11.8. The summed E-state index contributed by atoms with van der Waals surface area (Å²) in [7, 11) is 0. The summed E-state index contributed by atoms with van der Waals surface area (Å²) in [4.78, 5) is 0. The minimum atomic E-state index is 0.870. The summed E-state index contributed by atoms with van der Waals surface area (Å²) in [5, 5.41) is 2.46. The van der Waals surface area contributed by atoms with Gasteiger partial charge in [0.25, 0.3) is 0 Å². The van der Waals surface area contributed by atoms with Gasteiger partial charge in [-0.2, -0.15) is 0 Å². The van der Waals surface area contributed by atoms with Gasteiger partial charge in [0, 0.05) is 5.39 Å². The Balaban J connectivity index is 2.15. The molecular weight excluding hydrogens is 232 g/mol. The molecule has 3 rings (SSSR count). The molecule has 0 unspecified atom stereocenters. The van der Waals surface area contributed by atoms with Gasteiger partial charge in [-0.15, -0.1) is 0 Å². The van der Waals surface area contributed by atoms with Crippen LogP contribution in [-0.2, 0) is 0 Å². The van der Waals surface area contributed by atoms with Crippen LogP contribution < -0.4 is 4.74 Å². The smallest absolute Gasteiger partial charge is 0.135 e. The van der Waals surface area contributed by atoms with Gasteiger partial charge in [-0.25, -0.2) is 0 Å².